The number of nitrogens with one attached hydrogen (secondary N) is 1. The van der Waals surface area contributed by atoms with E-state index in [9.17, 15) is 5.26 Å². The first-order valence-electron chi connectivity index (χ1n) is 5.92. The molecule has 0 spiro atoms. The maximum atomic E-state index is 9.46. The van der Waals surface area contributed by atoms with Crippen molar-refractivity contribution in [3.8, 4) is 6.07 Å². The van der Waals surface area contributed by atoms with E-state index in [1.54, 1.807) is 0 Å². The third-order valence-corrected chi connectivity index (χ3v) is 3.25. The molecule has 1 aromatic rings. The first kappa shape index (κ1) is 11.2. The Morgan fingerprint density at radius 2 is 2.19 bits per heavy atom. The molecule has 84 valence electrons. The first-order chi connectivity index (χ1) is 7.68. The summed E-state index contributed by atoms with van der Waals surface area (Å²) in [4.78, 5) is 0. The van der Waals surface area contributed by atoms with Gasteiger partial charge in [-0.1, -0.05) is 38.1 Å². The molecule has 1 aromatic carbocycles. The summed E-state index contributed by atoms with van der Waals surface area (Å²) in [6.07, 6.45) is 1.91. The van der Waals surface area contributed by atoms with E-state index in [2.05, 4.69) is 43.4 Å². The highest BCUT2D eigenvalue weighted by Gasteiger charge is 2.38. The van der Waals surface area contributed by atoms with Crippen LogP contribution >= 0.6 is 0 Å². The zero-order valence-electron chi connectivity index (χ0n) is 9.96. The number of fused-ring (bicyclic) bond motifs is 1. The van der Waals surface area contributed by atoms with Gasteiger partial charge in [0.2, 0.25) is 0 Å². The average molecular weight is 214 g/mol. The molecule has 1 unspecified atom stereocenters. The van der Waals surface area contributed by atoms with Crippen LogP contribution in [0, 0.1) is 17.2 Å². The summed E-state index contributed by atoms with van der Waals surface area (Å²) in [6, 6.07) is 10.8. The molecule has 16 heavy (non-hydrogen) atoms. The summed E-state index contributed by atoms with van der Waals surface area (Å²) in [7, 11) is 0. The predicted molar refractivity (Wildman–Crippen MR) is 64.9 cm³/mol. The molecule has 1 aliphatic carbocycles. The van der Waals surface area contributed by atoms with Gasteiger partial charge in [0.1, 0.15) is 5.54 Å². The number of hydrogen-bond donors (Lipinski definition) is 1. The number of nitrogens with zero attached hydrogens (tertiary/aromatic N) is 1. The molecule has 0 heterocycles. The van der Waals surface area contributed by atoms with Gasteiger partial charge >= 0.3 is 0 Å². The second-order valence-corrected chi connectivity index (χ2v) is 4.95. The van der Waals surface area contributed by atoms with Crippen LogP contribution in [0.15, 0.2) is 24.3 Å². The molecule has 1 aliphatic rings. The van der Waals surface area contributed by atoms with E-state index < -0.39 is 5.54 Å². The summed E-state index contributed by atoms with van der Waals surface area (Å²) in [6.45, 7) is 5.22. The summed E-state index contributed by atoms with van der Waals surface area (Å²) >= 11 is 0. The van der Waals surface area contributed by atoms with Crippen LogP contribution in [0.5, 0.6) is 0 Å². The molecule has 0 saturated heterocycles. The highest BCUT2D eigenvalue weighted by atomic mass is 15.0. The van der Waals surface area contributed by atoms with Crippen molar-refractivity contribution in [3.63, 3.8) is 0 Å². The summed E-state index contributed by atoms with van der Waals surface area (Å²) in [5.41, 5.74) is 2.05. The number of hydrogen-bond acceptors (Lipinski definition) is 2. The standard InChI is InChI=1S/C14H18N2/c1-11(2)9-16-14(10-15)8-7-12-5-3-4-6-13(12)14/h3-6,11,16H,7-9H2,1-2H3. The molecule has 0 fully saturated rings. The van der Waals surface area contributed by atoms with Crippen LogP contribution in [-0.4, -0.2) is 6.54 Å². The van der Waals surface area contributed by atoms with E-state index >= 15 is 0 Å². The molecule has 0 saturated carbocycles. The first-order valence-corrected chi connectivity index (χ1v) is 5.92. The van der Waals surface area contributed by atoms with Crippen molar-refractivity contribution < 1.29 is 0 Å². The van der Waals surface area contributed by atoms with Gasteiger partial charge in [0.05, 0.1) is 6.07 Å². The van der Waals surface area contributed by atoms with Gasteiger partial charge in [0.25, 0.3) is 0 Å². The van der Waals surface area contributed by atoms with Crippen molar-refractivity contribution in [1.82, 2.24) is 5.32 Å². The monoisotopic (exact) mass is 214 g/mol. The Bertz CT molecular complexity index is 417. The van der Waals surface area contributed by atoms with Gasteiger partial charge in [-0.3, -0.25) is 5.32 Å². The number of benzene rings is 1. The highest BCUT2D eigenvalue weighted by Crippen LogP contribution is 2.36. The van der Waals surface area contributed by atoms with Crippen molar-refractivity contribution >= 4 is 0 Å². The third kappa shape index (κ3) is 1.83. The Morgan fingerprint density at radius 1 is 1.44 bits per heavy atom. The van der Waals surface area contributed by atoms with Crippen molar-refractivity contribution in [2.75, 3.05) is 6.54 Å². The Balaban J connectivity index is 2.28. The molecule has 0 aromatic heterocycles. The van der Waals surface area contributed by atoms with Crippen molar-refractivity contribution in [2.24, 2.45) is 5.92 Å². The van der Waals surface area contributed by atoms with Crippen molar-refractivity contribution in [1.29, 1.82) is 5.26 Å². The molecule has 1 atom stereocenters. The van der Waals surface area contributed by atoms with Gasteiger partial charge in [0.15, 0.2) is 0 Å². The van der Waals surface area contributed by atoms with Gasteiger partial charge in [-0.15, -0.1) is 0 Å². The topological polar surface area (TPSA) is 35.8 Å². The second kappa shape index (κ2) is 4.27. The van der Waals surface area contributed by atoms with Gasteiger partial charge < -0.3 is 0 Å². The Kier molecular flexibility index (Phi) is 2.98. The maximum absolute atomic E-state index is 9.46. The summed E-state index contributed by atoms with van der Waals surface area (Å²) in [5.74, 6) is 0.568. The van der Waals surface area contributed by atoms with E-state index in [1.807, 2.05) is 6.07 Å². The fraction of sp³-hybridized carbons (Fsp3) is 0.500. The zero-order chi connectivity index (χ0) is 11.6. The minimum absolute atomic E-state index is 0.444. The molecule has 0 amide bonds. The van der Waals surface area contributed by atoms with E-state index in [4.69, 9.17) is 0 Å². The molecule has 0 radical (unpaired) electrons. The van der Waals surface area contributed by atoms with E-state index in [1.165, 1.54) is 11.1 Å². The van der Waals surface area contributed by atoms with Gasteiger partial charge in [0, 0.05) is 0 Å². The van der Waals surface area contributed by atoms with E-state index in [-0.39, 0.29) is 0 Å². The quantitative estimate of drug-likeness (QED) is 0.839. The lowest BCUT2D eigenvalue weighted by atomic mass is 9.93. The van der Waals surface area contributed by atoms with E-state index in [0.29, 0.717) is 5.92 Å². The zero-order valence-corrected chi connectivity index (χ0v) is 9.96. The van der Waals surface area contributed by atoms with Gasteiger partial charge in [-0.25, -0.2) is 0 Å². The van der Waals surface area contributed by atoms with Crippen LogP contribution in [0.1, 0.15) is 31.4 Å². The van der Waals surface area contributed by atoms with Gasteiger partial charge in [-0.2, -0.15) is 5.26 Å². The van der Waals surface area contributed by atoms with Crippen LogP contribution in [0.2, 0.25) is 0 Å². The smallest absolute Gasteiger partial charge is 0.132 e. The van der Waals surface area contributed by atoms with Crippen LogP contribution in [-0.2, 0) is 12.0 Å². The largest absolute Gasteiger partial charge is 0.295 e. The van der Waals surface area contributed by atoms with Crippen LogP contribution in [0.25, 0.3) is 0 Å². The molecule has 2 heteroatoms. The lowest BCUT2D eigenvalue weighted by molar-refractivity contribution is 0.393. The van der Waals surface area contributed by atoms with Crippen LogP contribution < -0.4 is 5.32 Å². The molecular weight excluding hydrogens is 196 g/mol. The summed E-state index contributed by atoms with van der Waals surface area (Å²) in [5, 5.41) is 12.9. The normalized spacial score (nSPS) is 23.1. The van der Waals surface area contributed by atoms with Crippen molar-refractivity contribution in [3.05, 3.63) is 35.4 Å². The molecular formula is C14H18N2. The van der Waals surface area contributed by atoms with E-state index in [0.717, 1.165) is 19.4 Å². The van der Waals surface area contributed by atoms with Crippen LogP contribution in [0.4, 0.5) is 0 Å². The third-order valence-electron chi connectivity index (χ3n) is 3.25. The van der Waals surface area contributed by atoms with Crippen molar-refractivity contribution in [2.45, 2.75) is 32.2 Å². The molecule has 0 bridgehead atoms. The SMILES string of the molecule is CC(C)CNC1(C#N)CCc2ccccc21. The fourth-order valence-corrected chi connectivity index (χ4v) is 2.33. The second-order valence-electron chi connectivity index (χ2n) is 4.95. The Hall–Kier alpha value is -1.33. The average Bonchev–Trinajstić information content (AvgIpc) is 2.66. The molecule has 2 rings (SSSR count). The highest BCUT2D eigenvalue weighted by molar-refractivity contribution is 5.43. The van der Waals surface area contributed by atoms with Gasteiger partial charge in [-0.05, 0) is 36.4 Å². The van der Waals surface area contributed by atoms with Crippen LogP contribution in [0.3, 0.4) is 0 Å². The number of aryl methyl sites for hydroxylation is 1. The predicted octanol–water partition coefficient (Wildman–Crippen LogP) is 2.60. The number of nitriles is 1. The number of rotatable bonds is 3. The minimum atomic E-state index is -0.444. The molecule has 0 aliphatic heterocycles. The fourth-order valence-electron chi connectivity index (χ4n) is 2.33. The minimum Gasteiger partial charge on any atom is -0.295 e. The Morgan fingerprint density at radius 3 is 2.88 bits per heavy atom. The summed E-state index contributed by atoms with van der Waals surface area (Å²) < 4.78 is 0. The lowest BCUT2D eigenvalue weighted by Gasteiger charge is -2.25. The lowest BCUT2D eigenvalue weighted by Crippen LogP contribution is -2.41. The Labute approximate surface area is 97.3 Å². The molecule has 2 nitrogen and oxygen atoms in total. The maximum Gasteiger partial charge on any atom is 0.132 e. The molecule has 1 N–H and O–H groups in total.